The van der Waals surface area contributed by atoms with Crippen molar-refractivity contribution in [3.05, 3.63) is 46.2 Å². The minimum Gasteiger partial charge on any atom is -0.296 e. The maximum Gasteiger partial charge on any atom is 0.169 e. The van der Waals surface area contributed by atoms with Crippen molar-refractivity contribution >= 4 is 22.2 Å². The van der Waals surface area contributed by atoms with Crippen molar-refractivity contribution in [3.8, 4) is 5.69 Å². The number of hydrogen-bond acceptors (Lipinski definition) is 2. The third-order valence-corrected chi connectivity index (χ3v) is 2.83. The quantitative estimate of drug-likeness (QED) is 0.782. The van der Waals surface area contributed by atoms with Crippen LogP contribution in [0.2, 0.25) is 0 Å². The zero-order valence-electron chi connectivity index (χ0n) is 8.14. The molecule has 1 heterocycles. The molecule has 0 bridgehead atoms. The second kappa shape index (κ2) is 3.98. The third kappa shape index (κ3) is 1.72. The molecule has 0 spiro atoms. The Bertz CT molecular complexity index is 505. The van der Waals surface area contributed by atoms with Crippen molar-refractivity contribution in [1.29, 1.82) is 0 Å². The van der Waals surface area contributed by atoms with Gasteiger partial charge in [0.2, 0.25) is 0 Å². The van der Waals surface area contributed by atoms with Gasteiger partial charge in [0.1, 0.15) is 5.69 Å². The Balaban J connectivity index is 2.64. The number of carbonyl (C=O) groups excluding carboxylic acids is 1. The molecule has 2 aromatic rings. The molecule has 1 aromatic carbocycles. The van der Waals surface area contributed by atoms with Crippen LogP contribution in [0, 0.1) is 6.92 Å². The van der Waals surface area contributed by atoms with Gasteiger partial charge in [-0.1, -0.05) is 18.2 Å². The number of carbonyl (C=O) groups is 1. The molecule has 0 radical (unpaired) electrons. The van der Waals surface area contributed by atoms with E-state index in [1.807, 2.05) is 31.2 Å². The molecule has 0 saturated heterocycles. The smallest absolute Gasteiger partial charge is 0.169 e. The monoisotopic (exact) mass is 264 g/mol. The van der Waals surface area contributed by atoms with Gasteiger partial charge in [-0.3, -0.25) is 4.79 Å². The van der Waals surface area contributed by atoms with Gasteiger partial charge in [-0.15, -0.1) is 0 Å². The molecule has 0 aliphatic rings. The summed E-state index contributed by atoms with van der Waals surface area (Å²) in [5.74, 6) is 0. The molecule has 0 aliphatic heterocycles. The van der Waals surface area contributed by atoms with Crippen LogP contribution in [0.4, 0.5) is 0 Å². The highest BCUT2D eigenvalue weighted by Gasteiger charge is 2.10. The lowest BCUT2D eigenvalue weighted by Crippen LogP contribution is -2.03. The van der Waals surface area contributed by atoms with Gasteiger partial charge in [-0.05, 0) is 34.5 Å². The summed E-state index contributed by atoms with van der Waals surface area (Å²) < 4.78 is 2.34. The predicted molar refractivity (Wildman–Crippen MR) is 61.4 cm³/mol. The van der Waals surface area contributed by atoms with Crippen LogP contribution < -0.4 is 0 Å². The third-order valence-electron chi connectivity index (χ3n) is 2.21. The van der Waals surface area contributed by atoms with Crippen LogP contribution in [-0.4, -0.2) is 16.1 Å². The van der Waals surface area contributed by atoms with Crippen molar-refractivity contribution in [2.75, 3.05) is 0 Å². The average molecular weight is 265 g/mol. The first-order chi connectivity index (χ1) is 7.24. The van der Waals surface area contributed by atoms with E-state index in [4.69, 9.17) is 0 Å². The van der Waals surface area contributed by atoms with Gasteiger partial charge in [-0.25, -0.2) is 4.68 Å². The highest BCUT2D eigenvalue weighted by atomic mass is 79.9. The molecular formula is C11H9BrN2O. The lowest BCUT2D eigenvalue weighted by atomic mass is 10.2. The summed E-state index contributed by atoms with van der Waals surface area (Å²) in [6, 6.07) is 7.80. The minimum absolute atomic E-state index is 0.532. The van der Waals surface area contributed by atoms with Crippen LogP contribution in [0.3, 0.4) is 0 Å². The number of aromatic nitrogens is 2. The Labute approximate surface area is 95.9 Å². The first-order valence-electron chi connectivity index (χ1n) is 4.48. The number of halogens is 1. The van der Waals surface area contributed by atoms with Crippen molar-refractivity contribution in [3.63, 3.8) is 0 Å². The molecule has 0 aliphatic carbocycles. The Morgan fingerprint density at radius 2 is 2.13 bits per heavy atom. The first kappa shape index (κ1) is 10.1. The lowest BCUT2D eigenvalue weighted by Gasteiger charge is -2.06. The number of aldehydes is 1. The first-order valence-corrected chi connectivity index (χ1v) is 5.28. The lowest BCUT2D eigenvalue weighted by molar-refractivity contribution is 0.111. The molecule has 0 saturated carbocycles. The Kier molecular flexibility index (Phi) is 2.68. The number of rotatable bonds is 2. The fourth-order valence-electron chi connectivity index (χ4n) is 1.44. The van der Waals surface area contributed by atoms with Crippen molar-refractivity contribution < 1.29 is 4.79 Å². The maximum atomic E-state index is 10.9. The number of para-hydroxylation sites is 1. The fraction of sp³-hybridized carbons (Fsp3) is 0.0909. The summed E-state index contributed by atoms with van der Waals surface area (Å²) >= 11 is 3.28. The van der Waals surface area contributed by atoms with E-state index in [0.29, 0.717) is 10.2 Å². The molecule has 76 valence electrons. The van der Waals surface area contributed by atoms with E-state index in [2.05, 4.69) is 21.0 Å². The van der Waals surface area contributed by atoms with Crippen LogP contribution in [0.15, 0.2) is 34.9 Å². The molecular weight excluding hydrogens is 256 g/mol. The second-order valence-corrected chi connectivity index (χ2v) is 4.05. The van der Waals surface area contributed by atoms with Gasteiger partial charge in [0.25, 0.3) is 0 Å². The molecule has 0 unspecified atom stereocenters. The Morgan fingerprint density at radius 1 is 1.40 bits per heavy atom. The number of benzene rings is 1. The summed E-state index contributed by atoms with van der Waals surface area (Å²) in [4.78, 5) is 10.9. The SMILES string of the molecule is Cc1ccccc1-n1ncc(Br)c1C=O. The Morgan fingerprint density at radius 3 is 2.80 bits per heavy atom. The molecule has 3 nitrogen and oxygen atoms in total. The molecule has 15 heavy (non-hydrogen) atoms. The van der Waals surface area contributed by atoms with Crippen LogP contribution in [0.25, 0.3) is 5.69 Å². The summed E-state index contributed by atoms with van der Waals surface area (Å²) in [6.07, 6.45) is 2.42. The van der Waals surface area contributed by atoms with Gasteiger partial charge in [0.15, 0.2) is 6.29 Å². The van der Waals surface area contributed by atoms with E-state index in [-0.39, 0.29) is 0 Å². The van der Waals surface area contributed by atoms with Gasteiger partial charge in [0.05, 0.1) is 16.4 Å². The van der Waals surface area contributed by atoms with Crippen LogP contribution in [0.5, 0.6) is 0 Å². The average Bonchev–Trinajstić information content (AvgIpc) is 2.60. The summed E-state index contributed by atoms with van der Waals surface area (Å²) in [5, 5.41) is 4.16. The number of hydrogen-bond donors (Lipinski definition) is 0. The van der Waals surface area contributed by atoms with Crippen LogP contribution in [0.1, 0.15) is 16.1 Å². The van der Waals surface area contributed by atoms with Gasteiger partial charge in [0, 0.05) is 0 Å². The van der Waals surface area contributed by atoms with E-state index in [9.17, 15) is 4.79 Å². The van der Waals surface area contributed by atoms with Crippen molar-refractivity contribution in [2.24, 2.45) is 0 Å². The fourth-order valence-corrected chi connectivity index (χ4v) is 1.79. The van der Waals surface area contributed by atoms with E-state index in [0.717, 1.165) is 17.5 Å². The highest BCUT2D eigenvalue weighted by Crippen LogP contribution is 2.20. The zero-order valence-corrected chi connectivity index (χ0v) is 9.73. The van der Waals surface area contributed by atoms with Gasteiger partial charge in [-0.2, -0.15) is 5.10 Å². The molecule has 1 aromatic heterocycles. The highest BCUT2D eigenvalue weighted by molar-refractivity contribution is 9.10. The van der Waals surface area contributed by atoms with E-state index < -0.39 is 0 Å². The largest absolute Gasteiger partial charge is 0.296 e. The van der Waals surface area contributed by atoms with E-state index >= 15 is 0 Å². The topological polar surface area (TPSA) is 34.9 Å². The van der Waals surface area contributed by atoms with Crippen molar-refractivity contribution in [1.82, 2.24) is 9.78 Å². The summed E-state index contributed by atoms with van der Waals surface area (Å²) in [6.45, 7) is 1.99. The molecule has 2 rings (SSSR count). The van der Waals surface area contributed by atoms with E-state index in [1.54, 1.807) is 10.9 Å². The minimum atomic E-state index is 0.532. The van der Waals surface area contributed by atoms with E-state index in [1.165, 1.54) is 0 Å². The normalized spacial score (nSPS) is 10.3. The van der Waals surface area contributed by atoms with Crippen LogP contribution >= 0.6 is 15.9 Å². The number of aryl methyl sites for hydroxylation is 1. The predicted octanol–water partition coefficient (Wildman–Crippen LogP) is 2.76. The van der Waals surface area contributed by atoms with Gasteiger partial charge < -0.3 is 0 Å². The second-order valence-electron chi connectivity index (χ2n) is 3.19. The zero-order chi connectivity index (χ0) is 10.8. The van der Waals surface area contributed by atoms with Crippen molar-refractivity contribution in [2.45, 2.75) is 6.92 Å². The molecule has 0 N–H and O–H groups in total. The summed E-state index contributed by atoms with van der Waals surface area (Å²) in [7, 11) is 0. The molecule has 0 atom stereocenters. The standard InChI is InChI=1S/C11H9BrN2O/c1-8-4-2-3-5-10(8)14-11(7-15)9(12)6-13-14/h2-7H,1H3. The molecule has 0 amide bonds. The van der Waals surface area contributed by atoms with Crippen LogP contribution in [-0.2, 0) is 0 Å². The molecule has 0 fully saturated rings. The number of nitrogens with zero attached hydrogens (tertiary/aromatic N) is 2. The van der Waals surface area contributed by atoms with Gasteiger partial charge >= 0.3 is 0 Å². The summed E-state index contributed by atoms with van der Waals surface area (Å²) in [5.41, 5.74) is 2.53. The Hall–Kier alpha value is -1.42. The molecule has 4 heteroatoms. The maximum absolute atomic E-state index is 10.9.